The van der Waals surface area contributed by atoms with Gasteiger partial charge in [-0.2, -0.15) is 0 Å². The van der Waals surface area contributed by atoms with Gasteiger partial charge in [0.1, 0.15) is 6.29 Å². The summed E-state index contributed by atoms with van der Waals surface area (Å²) in [5.74, 6) is 0. The molecule has 0 saturated heterocycles. The molecule has 114 valence electrons. The summed E-state index contributed by atoms with van der Waals surface area (Å²) in [4.78, 5) is 11.2. The molecule has 0 saturated carbocycles. The minimum absolute atomic E-state index is 0.117. The summed E-state index contributed by atoms with van der Waals surface area (Å²) < 4.78 is 0. The number of anilines is 2. The third-order valence-electron chi connectivity index (χ3n) is 4.18. The van der Waals surface area contributed by atoms with Gasteiger partial charge >= 0.3 is 0 Å². The molecule has 3 heteroatoms. The summed E-state index contributed by atoms with van der Waals surface area (Å²) in [6.45, 7) is 2.13. The SMILES string of the molecule is C[C@@H]1CC(C=O)Nc2cccc(CCc3ccccc3)c2N1. The molecule has 2 aromatic rings. The number of rotatable bonds is 4. The highest BCUT2D eigenvalue weighted by Gasteiger charge is 2.20. The smallest absolute Gasteiger partial charge is 0.142 e. The van der Waals surface area contributed by atoms with Crippen molar-refractivity contribution in [1.29, 1.82) is 0 Å². The third-order valence-corrected chi connectivity index (χ3v) is 4.18. The molecule has 0 aromatic heterocycles. The number of aldehydes is 1. The molecule has 1 aliphatic heterocycles. The Kier molecular flexibility index (Phi) is 4.42. The van der Waals surface area contributed by atoms with Crippen molar-refractivity contribution in [2.75, 3.05) is 10.6 Å². The molecule has 0 bridgehead atoms. The Hall–Kier alpha value is -2.29. The number of hydrogen-bond acceptors (Lipinski definition) is 3. The maximum atomic E-state index is 11.2. The van der Waals surface area contributed by atoms with E-state index < -0.39 is 0 Å². The van der Waals surface area contributed by atoms with E-state index in [2.05, 4.69) is 54.0 Å². The second-order valence-corrected chi connectivity index (χ2v) is 5.99. The molecule has 2 N–H and O–H groups in total. The number of carbonyl (C=O) groups excluding carboxylic acids is 1. The fourth-order valence-corrected chi connectivity index (χ4v) is 3.06. The molecule has 2 aromatic carbocycles. The van der Waals surface area contributed by atoms with Crippen LogP contribution in [0.1, 0.15) is 24.5 Å². The first-order chi connectivity index (χ1) is 10.8. The zero-order chi connectivity index (χ0) is 15.4. The van der Waals surface area contributed by atoms with Crippen LogP contribution in [0.3, 0.4) is 0 Å². The molecule has 1 aliphatic rings. The molecule has 3 rings (SSSR count). The Balaban J connectivity index is 1.82. The molecular formula is C19H22N2O. The second-order valence-electron chi connectivity index (χ2n) is 5.99. The maximum absolute atomic E-state index is 11.2. The number of hydrogen-bond donors (Lipinski definition) is 2. The number of carbonyl (C=O) groups is 1. The van der Waals surface area contributed by atoms with E-state index >= 15 is 0 Å². The molecule has 0 fully saturated rings. The van der Waals surface area contributed by atoms with Gasteiger partial charge in [-0.25, -0.2) is 0 Å². The highest BCUT2D eigenvalue weighted by molar-refractivity contribution is 5.78. The lowest BCUT2D eigenvalue weighted by atomic mass is 10.0. The van der Waals surface area contributed by atoms with Crippen LogP contribution in [-0.4, -0.2) is 18.4 Å². The average molecular weight is 294 g/mol. The zero-order valence-corrected chi connectivity index (χ0v) is 12.9. The fourth-order valence-electron chi connectivity index (χ4n) is 3.06. The first-order valence-electron chi connectivity index (χ1n) is 7.90. The lowest BCUT2D eigenvalue weighted by molar-refractivity contribution is -0.108. The highest BCUT2D eigenvalue weighted by Crippen LogP contribution is 2.31. The summed E-state index contributed by atoms with van der Waals surface area (Å²) in [5.41, 5.74) is 4.83. The quantitative estimate of drug-likeness (QED) is 0.846. The standard InChI is InChI=1S/C19H22N2O/c1-14-12-17(13-22)21-18-9-5-8-16(19(18)20-14)11-10-15-6-3-2-4-7-15/h2-9,13-14,17,20-21H,10-12H2,1H3/t14-,17?/m1/s1. The number of para-hydroxylation sites is 1. The van der Waals surface area contributed by atoms with Crippen molar-refractivity contribution in [3.63, 3.8) is 0 Å². The van der Waals surface area contributed by atoms with Crippen molar-refractivity contribution in [3.8, 4) is 0 Å². The topological polar surface area (TPSA) is 41.1 Å². The van der Waals surface area contributed by atoms with Gasteiger partial charge in [-0.05, 0) is 43.4 Å². The van der Waals surface area contributed by atoms with Crippen LogP contribution in [0.4, 0.5) is 11.4 Å². The molecule has 1 heterocycles. The van der Waals surface area contributed by atoms with E-state index in [1.54, 1.807) is 0 Å². The monoisotopic (exact) mass is 294 g/mol. The van der Waals surface area contributed by atoms with E-state index in [-0.39, 0.29) is 12.1 Å². The molecule has 0 aliphatic carbocycles. The van der Waals surface area contributed by atoms with Crippen LogP contribution in [0.25, 0.3) is 0 Å². The van der Waals surface area contributed by atoms with Crippen LogP contribution >= 0.6 is 0 Å². The third kappa shape index (κ3) is 3.30. The Morgan fingerprint density at radius 2 is 1.86 bits per heavy atom. The van der Waals surface area contributed by atoms with Gasteiger partial charge in [-0.3, -0.25) is 0 Å². The molecule has 3 nitrogen and oxygen atoms in total. The number of nitrogens with one attached hydrogen (secondary N) is 2. The van der Waals surface area contributed by atoms with E-state index in [0.29, 0.717) is 0 Å². The van der Waals surface area contributed by atoms with Gasteiger partial charge < -0.3 is 15.4 Å². The Morgan fingerprint density at radius 3 is 2.64 bits per heavy atom. The van der Waals surface area contributed by atoms with Crippen molar-refractivity contribution in [2.45, 2.75) is 38.3 Å². The first kappa shape index (κ1) is 14.6. The number of aryl methyl sites for hydroxylation is 2. The lowest BCUT2D eigenvalue weighted by Crippen LogP contribution is -2.25. The van der Waals surface area contributed by atoms with E-state index in [1.165, 1.54) is 11.1 Å². The van der Waals surface area contributed by atoms with Gasteiger partial charge in [0.05, 0.1) is 17.4 Å². The van der Waals surface area contributed by atoms with Crippen molar-refractivity contribution in [3.05, 3.63) is 59.7 Å². The number of benzene rings is 2. The van der Waals surface area contributed by atoms with Gasteiger partial charge in [0.2, 0.25) is 0 Å². The van der Waals surface area contributed by atoms with Gasteiger partial charge in [-0.1, -0.05) is 42.5 Å². The van der Waals surface area contributed by atoms with Gasteiger partial charge in [0.25, 0.3) is 0 Å². The van der Waals surface area contributed by atoms with Crippen LogP contribution in [0.5, 0.6) is 0 Å². The molecular weight excluding hydrogens is 272 g/mol. The van der Waals surface area contributed by atoms with Crippen LogP contribution < -0.4 is 10.6 Å². The molecule has 0 spiro atoms. The Morgan fingerprint density at radius 1 is 1.05 bits per heavy atom. The van der Waals surface area contributed by atoms with Crippen LogP contribution in [-0.2, 0) is 17.6 Å². The van der Waals surface area contributed by atoms with E-state index in [1.807, 2.05) is 12.1 Å². The molecule has 0 amide bonds. The Labute approximate surface area is 131 Å². The second kappa shape index (κ2) is 6.65. The van der Waals surface area contributed by atoms with E-state index in [9.17, 15) is 4.79 Å². The molecule has 1 unspecified atom stereocenters. The Bertz CT molecular complexity index is 639. The van der Waals surface area contributed by atoms with Crippen LogP contribution in [0.2, 0.25) is 0 Å². The van der Waals surface area contributed by atoms with Crippen molar-refractivity contribution in [2.24, 2.45) is 0 Å². The van der Waals surface area contributed by atoms with Crippen molar-refractivity contribution in [1.82, 2.24) is 0 Å². The normalized spacial score (nSPS) is 20.2. The summed E-state index contributed by atoms with van der Waals surface area (Å²) in [5, 5.41) is 6.92. The summed E-state index contributed by atoms with van der Waals surface area (Å²) in [7, 11) is 0. The van der Waals surface area contributed by atoms with E-state index in [4.69, 9.17) is 0 Å². The summed E-state index contributed by atoms with van der Waals surface area (Å²) >= 11 is 0. The van der Waals surface area contributed by atoms with Gasteiger partial charge in [-0.15, -0.1) is 0 Å². The average Bonchev–Trinajstić information content (AvgIpc) is 2.71. The maximum Gasteiger partial charge on any atom is 0.142 e. The van der Waals surface area contributed by atoms with Crippen LogP contribution in [0, 0.1) is 0 Å². The predicted octanol–water partition coefficient (Wildman–Crippen LogP) is 3.66. The van der Waals surface area contributed by atoms with E-state index in [0.717, 1.165) is 36.9 Å². The predicted molar refractivity (Wildman–Crippen MR) is 91.5 cm³/mol. The summed E-state index contributed by atoms with van der Waals surface area (Å²) in [6, 6.07) is 17.0. The minimum Gasteiger partial charge on any atom is -0.381 e. The van der Waals surface area contributed by atoms with Crippen molar-refractivity contribution >= 4 is 17.7 Å². The summed E-state index contributed by atoms with van der Waals surface area (Å²) in [6.07, 6.45) is 3.81. The lowest BCUT2D eigenvalue weighted by Gasteiger charge is -2.17. The molecule has 22 heavy (non-hydrogen) atoms. The fraction of sp³-hybridized carbons (Fsp3) is 0.316. The minimum atomic E-state index is -0.117. The highest BCUT2D eigenvalue weighted by atomic mass is 16.1. The largest absolute Gasteiger partial charge is 0.381 e. The van der Waals surface area contributed by atoms with Crippen LogP contribution in [0.15, 0.2) is 48.5 Å². The molecule has 2 atom stereocenters. The van der Waals surface area contributed by atoms with Gasteiger partial charge in [0.15, 0.2) is 0 Å². The molecule has 0 radical (unpaired) electrons. The van der Waals surface area contributed by atoms with Crippen molar-refractivity contribution < 1.29 is 4.79 Å². The van der Waals surface area contributed by atoms with Gasteiger partial charge in [0, 0.05) is 6.04 Å². The number of fused-ring (bicyclic) bond motifs is 1. The first-order valence-corrected chi connectivity index (χ1v) is 7.90. The zero-order valence-electron chi connectivity index (χ0n) is 12.9.